The number of rotatable bonds is 5. The van der Waals surface area contributed by atoms with Gasteiger partial charge in [0.2, 0.25) is 0 Å². The van der Waals surface area contributed by atoms with Crippen LogP contribution in [-0.2, 0) is 16.1 Å². The maximum atomic E-state index is 12.9. The highest BCUT2D eigenvalue weighted by Gasteiger charge is 2.31. The van der Waals surface area contributed by atoms with Crippen molar-refractivity contribution in [1.82, 2.24) is 9.88 Å². The summed E-state index contributed by atoms with van der Waals surface area (Å²) < 4.78 is 23.6. The van der Waals surface area contributed by atoms with Crippen molar-refractivity contribution in [2.45, 2.75) is 19.6 Å². The molecule has 1 saturated heterocycles. The van der Waals surface area contributed by atoms with Crippen LogP contribution in [0.1, 0.15) is 20.4 Å². The highest BCUT2D eigenvalue weighted by molar-refractivity contribution is 7.13. The molecule has 1 amide bonds. The van der Waals surface area contributed by atoms with Crippen molar-refractivity contribution in [3.05, 3.63) is 45.7 Å². The standard InChI is InChI=1S/C17H17FN2O5S/c1-10-15(16(21)20-6-7-24-13(8-20)17(22)23)26-14(19-10)9-25-12-4-2-11(18)3-5-12/h2-5,13H,6-9H2,1H3,(H,22,23). The van der Waals surface area contributed by atoms with Crippen LogP contribution in [0.2, 0.25) is 0 Å². The monoisotopic (exact) mass is 380 g/mol. The first-order chi connectivity index (χ1) is 12.4. The van der Waals surface area contributed by atoms with Gasteiger partial charge >= 0.3 is 5.97 Å². The quantitative estimate of drug-likeness (QED) is 0.855. The largest absolute Gasteiger partial charge is 0.486 e. The summed E-state index contributed by atoms with van der Waals surface area (Å²) in [5.74, 6) is -1.19. The molecule has 138 valence electrons. The van der Waals surface area contributed by atoms with E-state index >= 15 is 0 Å². The van der Waals surface area contributed by atoms with Crippen molar-refractivity contribution in [3.8, 4) is 5.75 Å². The lowest BCUT2D eigenvalue weighted by Gasteiger charge is -2.30. The third-order valence-electron chi connectivity index (χ3n) is 3.84. The van der Waals surface area contributed by atoms with Crippen LogP contribution in [0.3, 0.4) is 0 Å². The molecule has 1 aliphatic rings. The molecule has 26 heavy (non-hydrogen) atoms. The molecule has 7 nitrogen and oxygen atoms in total. The topological polar surface area (TPSA) is 89.0 Å². The number of thiazole rings is 1. The number of aryl methyl sites for hydroxylation is 1. The maximum absolute atomic E-state index is 12.9. The molecule has 1 aromatic heterocycles. The van der Waals surface area contributed by atoms with Crippen molar-refractivity contribution >= 4 is 23.2 Å². The Morgan fingerprint density at radius 3 is 2.85 bits per heavy atom. The molecular weight excluding hydrogens is 363 g/mol. The highest BCUT2D eigenvalue weighted by atomic mass is 32.1. The van der Waals surface area contributed by atoms with Gasteiger partial charge in [-0.25, -0.2) is 14.2 Å². The Bertz CT molecular complexity index is 808. The molecule has 1 aromatic carbocycles. The second kappa shape index (κ2) is 7.79. The number of morpholine rings is 1. The molecule has 2 aromatic rings. The van der Waals surface area contributed by atoms with Crippen LogP contribution < -0.4 is 4.74 Å². The Hall–Kier alpha value is -2.52. The summed E-state index contributed by atoms with van der Waals surface area (Å²) in [6.07, 6.45) is -1.01. The minimum atomic E-state index is -1.09. The van der Waals surface area contributed by atoms with Gasteiger partial charge in [-0.05, 0) is 31.2 Å². The SMILES string of the molecule is Cc1nc(COc2ccc(F)cc2)sc1C(=O)N1CCOC(C(=O)O)C1. The first kappa shape index (κ1) is 18.3. The van der Waals surface area contributed by atoms with Crippen molar-refractivity contribution < 1.29 is 28.6 Å². The van der Waals surface area contributed by atoms with Crippen molar-refractivity contribution in [2.75, 3.05) is 19.7 Å². The predicted octanol–water partition coefficient (Wildman–Crippen LogP) is 2.10. The highest BCUT2D eigenvalue weighted by Crippen LogP contribution is 2.23. The number of hydrogen-bond acceptors (Lipinski definition) is 6. The van der Waals surface area contributed by atoms with E-state index in [2.05, 4.69) is 4.98 Å². The lowest BCUT2D eigenvalue weighted by Crippen LogP contribution is -2.48. The zero-order valence-corrected chi connectivity index (χ0v) is 14.8. The summed E-state index contributed by atoms with van der Waals surface area (Å²) in [6, 6.07) is 5.63. The number of halogens is 1. The normalized spacial score (nSPS) is 17.2. The van der Waals surface area contributed by atoms with Gasteiger partial charge in [-0.15, -0.1) is 11.3 Å². The summed E-state index contributed by atoms with van der Waals surface area (Å²) in [4.78, 5) is 30.0. The molecule has 9 heteroatoms. The number of carboxylic acid groups (broad SMARTS) is 1. The molecule has 0 aliphatic carbocycles. The van der Waals surface area contributed by atoms with E-state index in [1.54, 1.807) is 6.92 Å². The number of carbonyl (C=O) groups is 2. The second-order valence-corrected chi connectivity index (χ2v) is 6.80. The fraction of sp³-hybridized carbons (Fsp3) is 0.353. The van der Waals surface area contributed by atoms with Gasteiger partial charge in [0.25, 0.3) is 5.91 Å². The van der Waals surface area contributed by atoms with Gasteiger partial charge in [-0.2, -0.15) is 0 Å². The molecule has 0 spiro atoms. The van der Waals surface area contributed by atoms with E-state index in [1.807, 2.05) is 0 Å². The number of nitrogens with zero attached hydrogens (tertiary/aromatic N) is 2. The number of amides is 1. The summed E-state index contributed by atoms with van der Waals surface area (Å²) >= 11 is 1.20. The van der Waals surface area contributed by atoms with Crippen LogP contribution in [0.5, 0.6) is 5.75 Å². The van der Waals surface area contributed by atoms with Crippen LogP contribution >= 0.6 is 11.3 Å². The lowest BCUT2D eigenvalue weighted by atomic mass is 10.2. The van der Waals surface area contributed by atoms with Crippen LogP contribution in [0.4, 0.5) is 4.39 Å². The van der Waals surface area contributed by atoms with Gasteiger partial charge in [0.1, 0.15) is 28.1 Å². The van der Waals surface area contributed by atoms with E-state index < -0.39 is 12.1 Å². The van der Waals surface area contributed by atoms with E-state index in [4.69, 9.17) is 14.6 Å². The molecule has 1 fully saturated rings. The average Bonchev–Trinajstić information content (AvgIpc) is 3.01. The Labute approximate surface area is 153 Å². The molecule has 1 aliphatic heterocycles. The maximum Gasteiger partial charge on any atom is 0.334 e. The molecule has 0 bridgehead atoms. The third-order valence-corrected chi connectivity index (χ3v) is 4.96. The number of benzene rings is 1. The van der Waals surface area contributed by atoms with Crippen molar-refractivity contribution in [3.63, 3.8) is 0 Å². The second-order valence-electron chi connectivity index (χ2n) is 5.71. The van der Waals surface area contributed by atoms with Crippen LogP contribution in [0, 0.1) is 12.7 Å². The number of aliphatic carboxylic acids is 1. The molecular formula is C17H17FN2O5S. The third kappa shape index (κ3) is 4.17. The molecule has 3 rings (SSSR count). The molecule has 1 atom stereocenters. The van der Waals surface area contributed by atoms with E-state index in [1.165, 1.54) is 40.5 Å². The molecule has 0 saturated carbocycles. The van der Waals surface area contributed by atoms with E-state index in [0.29, 0.717) is 27.9 Å². The summed E-state index contributed by atoms with van der Waals surface area (Å²) in [5.41, 5.74) is 0.566. The Kier molecular flexibility index (Phi) is 5.48. The summed E-state index contributed by atoms with van der Waals surface area (Å²) in [6.45, 7) is 2.40. The fourth-order valence-electron chi connectivity index (χ4n) is 2.52. The summed E-state index contributed by atoms with van der Waals surface area (Å²) in [5, 5.41) is 9.66. The van der Waals surface area contributed by atoms with Crippen molar-refractivity contribution in [1.29, 1.82) is 0 Å². The van der Waals surface area contributed by atoms with Crippen LogP contribution in [0.25, 0.3) is 0 Å². The number of hydrogen-bond donors (Lipinski definition) is 1. The van der Waals surface area contributed by atoms with E-state index in [-0.39, 0.29) is 31.5 Å². The first-order valence-corrected chi connectivity index (χ1v) is 8.74. The zero-order valence-electron chi connectivity index (χ0n) is 14.0. The smallest absolute Gasteiger partial charge is 0.334 e. The van der Waals surface area contributed by atoms with E-state index in [0.717, 1.165) is 0 Å². The number of ether oxygens (including phenoxy) is 2. The fourth-order valence-corrected chi connectivity index (χ4v) is 3.46. The first-order valence-electron chi connectivity index (χ1n) is 7.92. The Balaban J connectivity index is 1.66. The minimum absolute atomic E-state index is 0.00686. The Morgan fingerprint density at radius 2 is 2.15 bits per heavy atom. The van der Waals surface area contributed by atoms with Gasteiger partial charge in [0.15, 0.2) is 6.10 Å². The van der Waals surface area contributed by atoms with Crippen molar-refractivity contribution in [2.24, 2.45) is 0 Å². The minimum Gasteiger partial charge on any atom is -0.486 e. The molecule has 2 heterocycles. The average molecular weight is 380 g/mol. The predicted molar refractivity (Wildman–Crippen MR) is 90.9 cm³/mol. The number of carboxylic acids is 1. The Morgan fingerprint density at radius 1 is 1.42 bits per heavy atom. The van der Waals surface area contributed by atoms with Gasteiger partial charge in [0.05, 0.1) is 18.8 Å². The van der Waals surface area contributed by atoms with E-state index in [9.17, 15) is 14.0 Å². The van der Waals surface area contributed by atoms with Gasteiger partial charge in [-0.1, -0.05) is 0 Å². The van der Waals surface area contributed by atoms with Crippen LogP contribution in [-0.4, -0.2) is 52.7 Å². The van der Waals surface area contributed by atoms with Gasteiger partial charge in [-0.3, -0.25) is 4.79 Å². The zero-order chi connectivity index (χ0) is 18.7. The number of aromatic nitrogens is 1. The lowest BCUT2D eigenvalue weighted by molar-refractivity contribution is -0.154. The van der Waals surface area contributed by atoms with Gasteiger partial charge in [0, 0.05) is 6.54 Å². The molecule has 0 radical (unpaired) electrons. The molecule has 1 N–H and O–H groups in total. The number of carbonyl (C=O) groups excluding carboxylic acids is 1. The summed E-state index contributed by atoms with van der Waals surface area (Å²) in [7, 11) is 0. The van der Waals surface area contributed by atoms with Crippen LogP contribution in [0.15, 0.2) is 24.3 Å². The van der Waals surface area contributed by atoms with Gasteiger partial charge < -0.3 is 19.5 Å². The molecule has 1 unspecified atom stereocenters.